The Morgan fingerprint density at radius 2 is 1.66 bits per heavy atom. The summed E-state index contributed by atoms with van der Waals surface area (Å²) < 4.78 is 0. The zero-order chi connectivity index (χ0) is 25.6. The summed E-state index contributed by atoms with van der Waals surface area (Å²) in [4.78, 5) is 40.4. The van der Waals surface area contributed by atoms with Crippen molar-refractivity contribution in [3.8, 4) is 0 Å². The number of rotatable bonds is 5. The molecule has 0 bridgehead atoms. The van der Waals surface area contributed by atoms with Crippen LogP contribution < -0.4 is 0 Å². The summed E-state index contributed by atoms with van der Waals surface area (Å²) in [5, 5.41) is 13.8. The van der Waals surface area contributed by atoms with Crippen LogP contribution in [-0.2, 0) is 16.1 Å². The lowest BCUT2D eigenvalue weighted by Gasteiger charge is -2.39. The summed E-state index contributed by atoms with van der Waals surface area (Å²) in [6, 6.07) is 14.0. The molecule has 2 fully saturated rings. The van der Waals surface area contributed by atoms with Gasteiger partial charge in [0.1, 0.15) is 0 Å². The normalized spacial score (nSPS) is 18.1. The minimum atomic E-state index is -0.250. The average molecular weight is 485 g/mol. The molecule has 190 valence electrons. The Kier molecular flexibility index (Phi) is 11.9. The van der Waals surface area contributed by atoms with Gasteiger partial charge in [0, 0.05) is 44.1 Å². The Hall–Kier alpha value is -3.30. The standard InChI is InChI=1S/C24H32N4O.2CH2O2/c1-26(2)18-19-7-9-20(10-8-19)23-6-4-14-28(23)22-11-15-27(16-12-22)24(29)21-5-3-13-25-17-21;2*2-1-3/h3,5,7-10,13,17,22-23H,4,6,11-12,14-16,18H2,1-2H3;2*1H,(H,2,3). The fourth-order valence-corrected chi connectivity index (χ4v) is 4.87. The van der Waals surface area contributed by atoms with Crippen LogP contribution in [0, 0.1) is 0 Å². The molecule has 2 saturated heterocycles. The van der Waals surface area contributed by atoms with Gasteiger partial charge in [-0.15, -0.1) is 0 Å². The third kappa shape index (κ3) is 8.45. The van der Waals surface area contributed by atoms with Gasteiger partial charge in [-0.05, 0) is 69.6 Å². The highest BCUT2D eigenvalue weighted by Gasteiger charge is 2.34. The van der Waals surface area contributed by atoms with Gasteiger partial charge < -0.3 is 20.0 Å². The minimum absolute atomic E-state index is 0.117. The summed E-state index contributed by atoms with van der Waals surface area (Å²) in [5.41, 5.74) is 3.51. The highest BCUT2D eigenvalue weighted by Crippen LogP contribution is 2.36. The molecule has 0 spiro atoms. The molecule has 4 rings (SSSR count). The van der Waals surface area contributed by atoms with E-state index in [1.54, 1.807) is 12.4 Å². The third-order valence-electron chi connectivity index (χ3n) is 6.29. The summed E-state index contributed by atoms with van der Waals surface area (Å²) in [6.07, 6.45) is 8.00. The number of pyridine rings is 1. The highest BCUT2D eigenvalue weighted by molar-refractivity contribution is 5.93. The molecular weight excluding hydrogens is 448 g/mol. The van der Waals surface area contributed by atoms with E-state index in [2.05, 4.69) is 53.1 Å². The first-order valence-electron chi connectivity index (χ1n) is 11.8. The fourth-order valence-electron chi connectivity index (χ4n) is 4.87. The second kappa shape index (κ2) is 14.9. The van der Waals surface area contributed by atoms with Gasteiger partial charge in [-0.3, -0.25) is 24.3 Å². The number of amides is 1. The second-order valence-corrected chi connectivity index (χ2v) is 8.85. The lowest BCUT2D eigenvalue weighted by Crippen LogP contribution is -2.46. The molecular formula is C26H36N4O5. The van der Waals surface area contributed by atoms with Crippen molar-refractivity contribution < 1.29 is 24.6 Å². The number of piperidine rings is 1. The molecule has 1 atom stereocenters. The van der Waals surface area contributed by atoms with Crippen molar-refractivity contribution in [3.05, 3.63) is 65.5 Å². The van der Waals surface area contributed by atoms with Gasteiger partial charge >= 0.3 is 0 Å². The van der Waals surface area contributed by atoms with Gasteiger partial charge in [-0.25, -0.2) is 0 Å². The first kappa shape index (κ1) is 27.9. The minimum Gasteiger partial charge on any atom is -0.483 e. The van der Waals surface area contributed by atoms with Crippen LogP contribution in [0.15, 0.2) is 48.8 Å². The van der Waals surface area contributed by atoms with Crippen LogP contribution in [0.25, 0.3) is 0 Å². The maximum absolute atomic E-state index is 12.7. The zero-order valence-electron chi connectivity index (χ0n) is 20.5. The summed E-state index contributed by atoms with van der Waals surface area (Å²) in [7, 11) is 4.22. The van der Waals surface area contributed by atoms with Gasteiger partial charge in [-0.1, -0.05) is 24.3 Å². The van der Waals surface area contributed by atoms with Crippen molar-refractivity contribution in [1.29, 1.82) is 0 Å². The molecule has 2 aliphatic heterocycles. The Bertz CT molecular complexity index is 894. The molecule has 2 aliphatic rings. The smallest absolute Gasteiger partial charge is 0.290 e. The molecule has 9 nitrogen and oxygen atoms in total. The lowest BCUT2D eigenvalue weighted by molar-refractivity contribution is -0.123. The van der Waals surface area contributed by atoms with Crippen molar-refractivity contribution in [2.24, 2.45) is 0 Å². The number of hydrogen-bond acceptors (Lipinski definition) is 6. The zero-order valence-corrected chi connectivity index (χ0v) is 20.5. The second-order valence-electron chi connectivity index (χ2n) is 8.85. The van der Waals surface area contributed by atoms with E-state index in [9.17, 15) is 4.79 Å². The monoisotopic (exact) mass is 484 g/mol. The van der Waals surface area contributed by atoms with E-state index in [0.717, 1.165) is 32.5 Å². The maximum Gasteiger partial charge on any atom is 0.290 e. The number of carboxylic acid groups (broad SMARTS) is 2. The van der Waals surface area contributed by atoms with Gasteiger partial charge in [0.15, 0.2) is 0 Å². The van der Waals surface area contributed by atoms with Crippen molar-refractivity contribution in [2.45, 2.75) is 44.3 Å². The number of carbonyl (C=O) groups is 3. The maximum atomic E-state index is 12.7. The van der Waals surface area contributed by atoms with E-state index in [4.69, 9.17) is 19.8 Å². The first-order valence-corrected chi connectivity index (χ1v) is 11.8. The van der Waals surface area contributed by atoms with E-state index < -0.39 is 0 Å². The number of aromatic nitrogens is 1. The van der Waals surface area contributed by atoms with Crippen LogP contribution in [0.2, 0.25) is 0 Å². The lowest BCUT2D eigenvalue weighted by atomic mass is 9.98. The summed E-state index contributed by atoms with van der Waals surface area (Å²) in [6.45, 7) is 3.33. The summed E-state index contributed by atoms with van der Waals surface area (Å²) in [5.74, 6) is 0.117. The van der Waals surface area contributed by atoms with E-state index in [-0.39, 0.29) is 18.9 Å². The van der Waals surface area contributed by atoms with Crippen LogP contribution in [-0.4, -0.2) is 88.5 Å². The predicted molar refractivity (Wildman–Crippen MR) is 133 cm³/mol. The quantitative estimate of drug-likeness (QED) is 0.623. The number of benzene rings is 1. The molecule has 1 aromatic carbocycles. The molecule has 2 N–H and O–H groups in total. The number of hydrogen-bond donors (Lipinski definition) is 2. The Balaban J connectivity index is 0.000000655. The molecule has 2 aromatic rings. The SMILES string of the molecule is CN(C)Cc1ccc(C2CCCN2C2CCN(C(=O)c3cccnc3)CC2)cc1.O=CO.O=CO. The van der Waals surface area contributed by atoms with E-state index in [1.807, 2.05) is 17.0 Å². The van der Waals surface area contributed by atoms with Crippen LogP contribution in [0.3, 0.4) is 0 Å². The Labute approximate surface area is 207 Å². The van der Waals surface area contributed by atoms with Gasteiger partial charge in [0.05, 0.1) is 5.56 Å². The van der Waals surface area contributed by atoms with E-state index >= 15 is 0 Å². The molecule has 0 aliphatic carbocycles. The molecule has 35 heavy (non-hydrogen) atoms. The number of carbonyl (C=O) groups excluding carboxylic acids is 1. The Morgan fingerprint density at radius 1 is 1.03 bits per heavy atom. The molecule has 1 unspecified atom stereocenters. The molecule has 0 saturated carbocycles. The van der Waals surface area contributed by atoms with Gasteiger partial charge in [0.2, 0.25) is 0 Å². The van der Waals surface area contributed by atoms with Crippen LogP contribution in [0.4, 0.5) is 0 Å². The van der Waals surface area contributed by atoms with Crippen molar-refractivity contribution in [3.63, 3.8) is 0 Å². The van der Waals surface area contributed by atoms with Crippen LogP contribution in [0.5, 0.6) is 0 Å². The number of nitrogens with zero attached hydrogens (tertiary/aromatic N) is 4. The highest BCUT2D eigenvalue weighted by atomic mass is 16.3. The molecule has 1 amide bonds. The molecule has 9 heteroatoms. The molecule has 0 radical (unpaired) electrons. The molecule has 1 aromatic heterocycles. The Morgan fingerprint density at radius 3 is 2.20 bits per heavy atom. The van der Waals surface area contributed by atoms with E-state index in [1.165, 1.54) is 30.5 Å². The number of likely N-dealkylation sites (tertiary alicyclic amines) is 2. The average Bonchev–Trinajstić information content (AvgIpc) is 3.35. The third-order valence-corrected chi connectivity index (χ3v) is 6.29. The van der Waals surface area contributed by atoms with Crippen LogP contribution in [0.1, 0.15) is 53.2 Å². The van der Waals surface area contributed by atoms with Gasteiger partial charge in [-0.2, -0.15) is 0 Å². The summed E-state index contributed by atoms with van der Waals surface area (Å²) >= 11 is 0. The topological polar surface area (TPSA) is 114 Å². The van der Waals surface area contributed by atoms with E-state index in [0.29, 0.717) is 17.6 Å². The largest absolute Gasteiger partial charge is 0.483 e. The molecule has 3 heterocycles. The predicted octanol–water partition coefficient (Wildman–Crippen LogP) is 2.99. The van der Waals surface area contributed by atoms with Crippen molar-refractivity contribution in [1.82, 2.24) is 19.7 Å². The van der Waals surface area contributed by atoms with Crippen molar-refractivity contribution in [2.75, 3.05) is 33.7 Å². The van der Waals surface area contributed by atoms with Crippen molar-refractivity contribution >= 4 is 18.9 Å². The first-order chi connectivity index (χ1) is 16.9. The van der Waals surface area contributed by atoms with Gasteiger partial charge in [0.25, 0.3) is 18.9 Å². The van der Waals surface area contributed by atoms with Crippen LogP contribution >= 0.6 is 0 Å². The fraction of sp³-hybridized carbons (Fsp3) is 0.462.